The quantitative estimate of drug-likeness (QED) is 0.305. The molecule has 0 radical (unpaired) electrons. The molecule has 1 heterocycles. The number of carbonyl (C=O) groups is 2. The summed E-state index contributed by atoms with van der Waals surface area (Å²) in [5.74, 6) is 0.108. The van der Waals surface area contributed by atoms with Crippen LogP contribution >= 0.6 is 11.6 Å². The molecule has 7 nitrogen and oxygen atoms in total. The maximum Gasteiger partial charge on any atom is 0.515 e. The minimum Gasteiger partial charge on any atom is -0.496 e. The first kappa shape index (κ1) is 21.1. The van der Waals surface area contributed by atoms with E-state index in [1.807, 2.05) is 19.9 Å². The number of benzene rings is 1. The maximum absolute atomic E-state index is 11.9. The van der Waals surface area contributed by atoms with Gasteiger partial charge in [-0.2, -0.15) is 0 Å². The van der Waals surface area contributed by atoms with Gasteiger partial charge >= 0.3 is 12.1 Å². The summed E-state index contributed by atoms with van der Waals surface area (Å²) >= 11 is 5.44. The van der Waals surface area contributed by atoms with Gasteiger partial charge in [0.1, 0.15) is 11.5 Å². The number of carbonyl (C=O) groups excluding carboxylic acids is 1. The van der Waals surface area contributed by atoms with E-state index in [2.05, 4.69) is 0 Å². The number of carboxylic acid groups (broad SMARTS) is 1. The molecule has 0 bridgehead atoms. The lowest BCUT2D eigenvalue weighted by Gasteiger charge is -2.19. The summed E-state index contributed by atoms with van der Waals surface area (Å²) in [5, 5.41) is 8.82. The van der Waals surface area contributed by atoms with Crippen molar-refractivity contribution < 1.29 is 33.6 Å². The smallest absolute Gasteiger partial charge is 0.496 e. The Kier molecular flexibility index (Phi) is 7.50. The predicted octanol–water partition coefficient (Wildman–Crippen LogP) is 4.10. The fraction of sp³-hybridized carbons (Fsp3) is 0.474. The predicted molar refractivity (Wildman–Crippen MR) is 98.4 cm³/mol. The van der Waals surface area contributed by atoms with Crippen molar-refractivity contribution in [2.75, 3.05) is 13.2 Å². The van der Waals surface area contributed by atoms with Crippen molar-refractivity contribution in [3.63, 3.8) is 0 Å². The molecule has 0 unspecified atom stereocenters. The molecule has 1 aromatic carbocycles. The minimum absolute atomic E-state index is 0.0575. The Morgan fingerprint density at radius 2 is 1.93 bits per heavy atom. The number of alkyl halides is 1. The van der Waals surface area contributed by atoms with Gasteiger partial charge in [-0.25, -0.2) is 4.79 Å². The number of allylic oxidation sites excluding steroid dienone is 2. The molecule has 0 aromatic heterocycles. The summed E-state index contributed by atoms with van der Waals surface area (Å²) < 4.78 is 21.2. The van der Waals surface area contributed by atoms with Gasteiger partial charge in [0.2, 0.25) is 0 Å². The van der Waals surface area contributed by atoms with Crippen LogP contribution in [-0.4, -0.2) is 30.4 Å². The Bertz CT molecular complexity index is 755. The van der Waals surface area contributed by atoms with Crippen LogP contribution in [0.15, 0.2) is 11.6 Å². The van der Waals surface area contributed by atoms with E-state index in [1.165, 1.54) is 0 Å². The zero-order valence-electron chi connectivity index (χ0n) is 15.6. The highest BCUT2D eigenvalue weighted by molar-refractivity contribution is 6.17. The highest BCUT2D eigenvalue weighted by atomic mass is 35.5. The molecule has 0 amide bonds. The molecule has 0 aliphatic carbocycles. The summed E-state index contributed by atoms with van der Waals surface area (Å²) in [7, 11) is 1.55. The van der Waals surface area contributed by atoms with Crippen molar-refractivity contribution in [1.82, 2.24) is 0 Å². The summed E-state index contributed by atoms with van der Waals surface area (Å²) in [6.45, 7) is 4.52. The molecule has 148 valence electrons. The molecular formula is C19H23ClO7. The molecule has 1 aliphatic rings. The number of halogens is 1. The molecule has 1 aliphatic heterocycles. The molecule has 0 saturated heterocycles. The molecule has 0 atom stereocenters. The van der Waals surface area contributed by atoms with Crippen LogP contribution in [0.5, 0.6) is 11.5 Å². The van der Waals surface area contributed by atoms with Crippen LogP contribution in [0.4, 0.5) is 4.79 Å². The van der Waals surface area contributed by atoms with Crippen LogP contribution in [0.2, 0.25) is 0 Å². The second kappa shape index (κ2) is 9.62. The van der Waals surface area contributed by atoms with E-state index < -0.39 is 12.1 Å². The third-order valence-corrected chi connectivity index (χ3v) is 4.53. The lowest BCUT2D eigenvalue weighted by Crippen LogP contribution is -2.14. The van der Waals surface area contributed by atoms with Crippen molar-refractivity contribution in [1.29, 1.82) is 0 Å². The fourth-order valence-electron chi connectivity index (χ4n) is 3.04. The standard InChI is InChI=1S/C19H23ClO7/c1-11(5-7-16(21)22)4-6-13-17(24-3)12(2)14-8-25-9-15(14)18(13)27-19(23)26-10-20/h4H,5-10H2,1-3H3,(H,21,22)/b11-4+. The van der Waals surface area contributed by atoms with Crippen LogP contribution in [0.3, 0.4) is 0 Å². The highest BCUT2D eigenvalue weighted by Gasteiger charge is 2.28. The number of methoxy groups -OCH3 is 1. The summed E-state index contributed by atoms with van der Waals surface area (Å²) in [6.07, 6.45) is 1.91. The first-order chi connectivity index (χ1) is 12.9. The van der Waals surface area contributed by atoms with Gasteiger partial charge in [-0.15, -0.1) is 0 Å². The lowest BCUT2D eigenvalue weighted by atomic mass is 9.95. The molecule has 27 heavy (non-hydrogen) atoms. The average Bonchev–Trinajstić information content (AvgIpc) is 3.11. The van der Waals surface area contributed by atoms with Crippen LogP contribution in [0.25, 0.3) is 0 Å². The van der Waals surface area contributed by atoms with Crippen molar-refractivity contribution >= 4 is 23.7 Å². The Hall–Kier alpha value is -2.25. The van der Waals surface area contributed by atoms with Gasteiger partial charge < -0.3 is 24.1 Å². The molecule has 1 N–H and O–H groups in total. The zero-order chi connectivity index (χ0) is 20.0. The Balaban J connectivity index is 2.43. The molecule has 2 rings (SSSR count). The van der Waals surface area contributed by atoms with Crippen LogP contribution in [-0.2, 0) is 33.9 Å². The average molecular weight is 399 g/mol. The van der Waals surface area contributed by atoms with E-state index in [-0.39, 0.29) is 12.5 Å². The Labute approximate surface area is 162 Å². The van der Waals surface area contributed by atoms with Gasteiger partial charge in [0.25, 0.3) is 0 Å². The van der Waals surface area contributed by atoms with E-state index in [9.17, 15) is 9.59 Å². The fourth-order valence-corrected chi connectivity index (χ4v) is 3.13. The van der Waals surface area contributed by atoms with E-state index >= 15 is 0 Å². The molecular weight excluding hydrogens is 376 g/mol. The second-order valence-electron chi connectivity index (χ2n) is 6.17. The van der Waals surface area contributed by atoms with Crippen molar-refractivity contribution in [3.05, 3.63) is 33.9 Å². The normalized spacial score (nSPS) is 13.3. The molecule has 0 fully saturated rings. The van der Waals surface area contributed by atoms with Crippen molar-refractivity contribution in [2.45, 2.75) is 46.3 Å². The number of hydrogen-bond donors (Lipinski definition) is 1. The Morgan fingerprint density at radius 3 is 2.56 bits per heavy atom. The molecule has 0 spiro atoms. The van der Waals surface area contributed by atoms with Crippen molar-refractivity contribution in [3.8, 4) is 11.5 Å². The van der Waals surface area contributed by atoms with Gasteiger partial charge in [0, 0.05) is 17.5 Å². The molecule has 1 aromatic rings. The summed E-state index contributed by atoms with van der Waals surface area (Å²) in [6, 6.07) is -0.315. The molecule has 8 heteroatoms. The number of carboxylic acids is 1. The highest BCUT2D eigenvalue weighted by Crippen LogP contribution is 2.43. The first-order valence-electron chi connectivity index (χ1n) is 8.45. The van der Waals surface area contributed by atoms with E-state index in [0.717, 1.165) is 22.3 Å². The first-order valence-corrected chi connectivity index (χ1v) is 8.99. The number of hydrogen-bond acceptors (Lipinski definition) is 6. The topological polar surface area (TPSA) is 91.3 Å². The van der Waals surface area contributed by atoms with Gasteiger partial charge in [0.15, 0.2) is 6.07 Å². The van der Waals surface area contributed by atoms with Gasteiger partial charge in [-0.1, -0.05) is 23.3 Å². The number of ether oxygens (including phenoxy) is 4. The number of aliphatic carboxylic acids is 1. The van der Waals surface area contributed by atoms with Crippen LogP contribution in [0.1, 0.15) is 42.0 Å². The monoisotopic (exact) mass is 398 g/mol. The Morgan fingerprint density at radius 1 is 1.22 bits per heavy atom. The third kappa shape index (κ3) is 5.14. The van der Waals surface area contributed by atoms with Gasteiger partial charge in [0.05, 0.1) is 20.3 Å². The van der Waals surface area contributed by atoms with Gasteiger partial charge in [-0.3, -0.25) is 4.79 Å². The largest absolute Gasteiger partial charge is 0.515 e. The van der Waals surface area contributed by atoms with Crippen LogP contribution < -0.4 is 9.47 Å². The maximum atomic E-state index is 11.9. The molecule has 0 saturated carbocycles. The van der Waals surface area contributed by atoms with Crippen molar-refractivity contribution in [2.24, 2.45) is 0 Å². The third-order valence-electron chi connectivity index (χ3n) is 4.42. The van der Waals surface area contributed by atoms with Gasteiger partial charge in [-0.05, 0) is 37.8 Å². The number of fused-ring (bicyclic) bond motifs is 1. The van der Waals surface area contributed by atoms with E-state index in [4.69, 9.17) is 35.7 Å². The lowest BCUT2D eigenvalue weighted by molar-refractivity contribution is -0.136. The SMILES string of the molecule is COc1c(C)c2c(c(OC(=O)OCCl)c1C/C=C(\C)CCC(=O)O)COC2. The summed E-state index contributed by atoms with van der Waals surface area (Å²) in [5.41, 5.74) is 4.24. The van der Waals surface area contributed by atoms with E-state index in [1.54, 1.807) is 7.11 Å². The van der Waals surface area contributed by atoms with Crippen LogP contribution in [0, 0.1) is 6.92 Å². The summed E-state index contributed by atoms with van der Waals surface area (Å²) in [4.78, 5) is 22.6. The van der Waals surface area contributed by atoms with E-state index in [0.29, 0.717) is 43.1 Å². The zero-order valence-corrected chi connectivity index (χ0v) is 16.4. The second-order valence-corrected chi connectivity index (χ2v) is 6.39. The minimum atomic E-state index is -0.905. The number of rotatable bonds is 8.